The largest absolute Gasteiger partial charge is 0.480 e. The van der Waals surface area contributed by atoms with Crippen LogP contribution < -0.4 is 5.32 Å². The molecule has 5 rings (SSSR count). The molecule has 186 valence electrons. The van der Waals surface area contributed by atoms with E-state index in [-0.39, 0.29) is 25.0 Å². The van der Waals surface area contributed by atoms with Crippen LogP contribution in [-0.2, 0) is 20.8 Å². The van der Waals surface area contributed by atoms with E-state index < -0.39 is 18.1 Å². The molecule has 1 unspecified atom stereocenters. The number of hydrogen-bond donors (Lipinski definition) is 2. The number of carboxylic acids is 1. The lowest BCUT2D eigenvalue weighted by Gasteiger charge is -2.34. The zero-order valence-electron chi connectivity index (χ0n) is 20.0. The van der Waals surface area contributed by atoms with Gasteiger partial charge in [0.1, 0.15) is 12.6 Å². The number of hydrogen-bond acceptors (Lipinski definition) is 5. The molecular formula is C29H30N2O5. The molecule has 1 aliphatic carbocycles. The van der Waals surface area contributed by atoms with Gasteiger partial charge in [0.2, 0.25) is 0 Å². The highest BCUT2D eigenvalue weighted by Crippen LogP contribution is 2.44. The van der Waals surface area contributed by atoms with Crippen molar-refractivity contribution in [2.45, 2.75) is 31.0 Å². The third kappa shape index (κ3) is 5.42. The molecule has 2 atom stereocenters. The lowest BCUT2D eigenvalue weighted by Crippen LogP contribution is -2.48. The van der Waals surface area contributed by atoms with Gasteiger partial charge in [-0.3, -0.25) is 4.90 Å². The zero-order chi connectivity index (χ0) is 24.9. The second kappa shape index (κ2) is 10.9. The quantitative estimate of drug-likeness (QED) is 0.495. The first kappa shape index (κ1) is 24.0. The zero-order valence-corrected chi connectivity index (χ0v) is 20.0. The maximum absolute atomic E-state index is 12.6. The van der Waals surface area contributed by atoms with Gasteiger partial charge in [-0.25, -0.2) is 9.59 Å². The Morgan fingerprint density at radius 3 is 2.28 bits per heavy atom. The molecule has 7 heteroatoms. The van der Waals surface area contributed by atoms with Crippen LogP contribution in [0.2, 0.25) is 0 Å². The minimum Gasteiger partial charge on any atom is -0.480 e. The molecule has 0 saturated carbocycles. The maximum atomic E-state index is 12.6. The summed E-state index contributed by atoms with van der Waals surface area (Å²) in [5, 5.41) is 12.3. The molecule has 1 saturated heterocycles. The van der Waals surface area contributed by atoms with E-state index in [4.69, 9.17) is 9.47 Å². The van der Waals surface area contributed by atoms with Crippen LogP contribution in [0.5, 0.6) is 0 Å². The number of nitrogens with zero attached hydrogens (tertiary/aromatic N) is 1. The highest BCUT2D eigenvalue weighted by Gasteiger charge is 2.31. The van der Waals surface area contributed by atoms with Crippen LogP contribution in [0.3, 0.4) is 0 Å². The predicted molar refractivity (Wildman–Crippen MR) is 136 cm³/mol. The van der Waals surface area contributed by atoms with Crippen LogP contribution in [0.4, 0.5) is 4.79 Å². The fraction of sp³-hybridized carbons (Fsp3) is 0.310. The number of carboxylic acid groups (broad SMARTS) is 1. The first-order chi connectivity index (χ1) is 17.6. The van der Waals surface area contributed by atoms with Crippen molar-refractivity contribution in [1.82, 2.24) is 10.2 Å². The summed E-state index contributed by atoms with van der Waals surface area (Å²) in [5.74, 6) is -1.19. The van der Waals surface area contributed by atoms with E-state index in [0.717, 1.165) is 35.3 Å². The summed E-state index contributed by atoms with van der Waals surface area (Å²) in [6, 6.07) is 25.2. The summed E-state index contributed by atoms with van der Waals surface area (Å²) in [6.07, 6.45) is -0.858. The molecule has 0 bridgehead atoms. The number of rotatable bonds is 8. The van der Waals surface area contributed by atoms with Gasteiger partial charge in [0.25, 0.3) is 0 Å². The summed E-state index contributed by atoms with van der Waals surface area (Å²) < 4.78 is 11.4. The van der Waals surface area contributed by atoms with Gasteiger partial charge in [0.15, 0.2) is 0 Å². The third-order valence-electron chi connectivity index (χ3n) is 6.90. The normalized spacial score (nSPS) is 18.2. The van der Waals surface area contributed by atoms with Crippen molar-refractivity contribution in [3.63, 3.8) is 0 Å². The second-order valence-electron chi connectivity index (χ2n) is 9.31. The molecule has 3 aromatic carbocycles. The average molecular weight is 487 g/mol. The van der Waals surface area contributed by atoms with Crippen molar-refractivity contribution in [2.24, 2.45) is 0 Å². The van der Waals surface area contributed by atoms with Crippen molar-refractivity contribution >= 4 is 12.1 Å². The molecule has 1 fully saturated rings. The number of fused-ring (bicyclic) bond motifs is 3. The van der Waals surface area contributed by atoms with Crippen LogP contribution in [0, 0.1) is 0 Å². The van der Waals surface area contributed by atoms with Crippen LogP contribution in [0.15, 0.2) is 78.9 Å². The molecule has 2 aliphatic rings. The first-order valence-corrected chi connectivity index (χ1v) is 12.3. The Morgan fingerprint density at radius 2 is 1.61 bits per heavy atom. The number of alkyl carbamates (subject to hydrolysis) is 1. The van der Waals surface area contributed by atoms with Gasteiger partial charge in [0.05, 0.1) is 12.7 Å². The number of carbonyl (C=O) groups excluding carboxylic acids is 1. The monoisotopic (exact) mass is 486 g/mol. The summed E-state index contributed by atoms with van der Waals surface area (Å²) in [7, 11) is 0. The van der Waals surface area contributed by atoms with E-state index in [1.165, 1.54) is 5.56 Å². The first-order valence-electron chi connectivity index (χ1n) is 12.3. The minimum absolute atomic E-state index is 0.0837. The molecule has 7 nitrogen and oxygen atoms in total. The van der Waals surface area contributed by atoms with Gasteiger partial charge in [0, 0.05) is 32.0 Å². The topological polar surface area (TPSA) is 88.1 Å². The predicted octanol–water partition coefficient (Wildman–Crippen LogP) is 4.27. The Bertz CT molecular complexity index is 1170. The Kier molecular flexibility index (Phi) is 7.30. The summed E-state index contributed by atoms with van der Waals surface area (Å²) >= 11 is 0. The van der Waals surface area contributed by atoms with E-state index in [0.29, 0.717) is 13.2 Å². The lowest BCUT2D eigenvalue weighted by molar-refractivity contribution is -0.141. The van der Waals surface area contributed by atoms with Crippen LogP contribution in [-0.4, -0.2) is 60.5 Å². The van der Waals surface area contributed by atoms with Crippen molar-refractivity contribution in [2.75, 3.05) is 26.3 Å². The average Bonchev–Trinajstić information content (AvgIpc) is 3.21. The number of benzene rings is 3. The Balaban J connectivity index is 1.17. The van der Waals surface area contributed by atoms with Gasteiger partial charge in [-0.15, -0.1) is 0 Å². The lowest BCUT2D eigenvalue weighted by atomic mass is 9.98. The molecule has 2 N–H and O–H groups in total. The van der Waals surface area contributed by atoms with Gasteiger partial charge in [-0.1, -0.05) is 78.9 Å². The summed E-state index contributed by atoms with van der Waals surface area (Å²) in [5.41, 5.74) is 5.69. The minimum atomic E-state index is -1.10. The van der Waals surface area contributed by atoms with Crippen LogP contribution >= 0.6 is 0 Å². The smallest absolute Gasteiger partial charge is 0.407 e. The van der Waals surface area contributed by atoms with E-state index in [1.807, 2.05) is 54.6 Å². The highest BCUT2D eigenvalue weighted by molar-refractivity contribution is 5.81. The highest BCUT2D eigenvalue weighted by atomic mass is 16.5. The molecule has 0 radical (unpaired) electrons. The molecule has 1 aliphatic heterocycles. The fourth-order valence-corrected chi connectivity index (χ4v) is 5.17. The number of ether oxygens (including phenoxy) is 2. The van der Waals surface area contributed by atoms with Gasteiger partial charge >= 0.3 is 12.1 Å². The Morgan fingerprint density at radius 1 is 0.972 bits per heavy atom. The van der Waals surface area contributed by atoms with E-state index in [9.17, 15) is 14.7 Å². The number of amides is 1. The van der Waals surface area contributed by atoms with Crippen LogP contribution in [0.1, 0.15) is 29.0 Å². The van der Waals surface area contributed by atoms with E-state index in [2.05, 4.69) is 34.5 Å². The van der Waals surface area contributed by atoms with Crippen molar-refractivity contribution in [3.05, 3.63) is 95.6 Å². The van der Waals surface area contributed by atoms with Crippen molar-refractivity contribution in [1.29, 1.82) is 0 Å². The molecule has 1 amide bonds. The summed E-state index contributed by atoms with van der Waals surface area (Å²) in [4.78, 5) is 26.8. The van der Waals surface area contributed by atoms with Gasteiger partial charge in [-0.2, -0.15) is 0 Å². The van der Waals surface area contributed by atoms with Crippen LogP contribution in [0.25, 0.3) is 11.1 Å². The molecule has 0 aromatic heterocycles. The molecule has 36 heavy (non-hydrogen) atoms. The summed E-state index contributed by atoms with van der Waals surface area (Å²) in [6.45, 7) is 2.82. The number of morpholine rings is 1. The van der Waals surface area contributed by atoms with Gasteiger partial charge in [-0.05, 0) is 27.8 Å². The SMILES string of the molecule is O=C(N[C@H](CC1CN(Cc2ccccc2)CCO1)C(=O)O)OCC1c2ccccc2-c2ccccc21. The fourth-order valence-electron chi connectivity index (χ4n) is 5.17. The van der Waals surface area contributed by atoms with Gasteiger partial charge < -0.3 is 19.9 Å². The number of carbonyl (C=O) groups is 2. The Hall–Kier alpha value is -3.68. The van der Waals surface area contributed by atoms with E-state index in [1.54, 1.807) is 0 Å². The Labute approximate surface area is 210 Å². The number of nitrogens with one attached hydrogen (secondary N) is 1. The number of aliphatic carboxylic acids is 1. The van der Waals surface area contributed by atoms with Crippen molar-refractivity contribution < 1.29 is 24.2 Å². The molecule has 1 heterocycles. The second-order valence-corrected chi connectivity index (χ2v) is 9.31. The molecule has 0 spiro atoms. The maximum Gasteiger partial charge on any atom is 0.407 e. The molecule has 3 aromatic rings. The third-order valence-corrected chi connectivity index (χ3v) is 6.90. The van der Waals surface area contributed by atoms with E-state index >= 15 is 0 Å². The molecular weight excluding hydrogens is 456 g/mol. The standard InChI is InChI=1S/C29H30N2O5/c32-28(33)27(16-21-18-31(14-15-35-21)17-20-8-2-1-3-9-20)30-29(34)36-19-26-24-12-6-4-10-22(24)23-11-5-7-13-25(23)26/h1-13,21,26-27H,14-19H2,(H,30,34)(H,32,33)/t21?,27-/m1/s1. The van der Waals surface area contributed by atoms with Crippen molar-refractivity contribution in [3.8, 4) is 11.1 Å².